The van der Waals surface area contributed by atoms with Crippen molar-refractivity contribution in [2.24, 2.45) is 0 Å². The molecule has 0 unspecified atom stereocenters. The molecule has 3 N–H and O–H groups in total. The number of carbonyl (C=O) groups is 3. The van der Waals surface area contributed by atoms with E-state index in [9.17, 15) is 18.8 Å². The van der Waals surface area contributed by atoms with Gasteiger partial charge in [-0.05, 0) is 12.1 Å². The van der Waals surface area contributed by atoms with Crippen molar-refractivity contribution < 1.29 is 24.9 Å². The maximum absolute atomic E-state index is 14.8. The lowest BCUT2D eigenvalue weighted by molar-refractivity contribution is -0.126. The van der Waals surface area contributed by atoms with Crippen molar-refractivity contribution in [2.75, 3.05) is 62.4 Å². The van der Waals surface area contributed by atoms with E-state index >= 15 is 0 Å². The SMILES string of the molecule is O=C(C(=O)N1CCN(c2ncccc2C(=O)N2CCOCC2)CC1)c1c[nH]c2c(N3C=CNN3)ncc(F)c12.[HH]. The van der Waals surface area contributed by atoms with Crippen LogP contribution in [0.2, 0.25) is 0 Å². The van der Waals surface area contributed by atoms with Gasteiger partial charge in [0.2, 0.25) is 0 Å². The average Bonchev–Trinajstić information content (AvgIpc) is 3.68. The summed E-state index contributed by atoms with van der Waals surface area (Å²) in [6.45, 7) is 3.30. The fourth-order valence-corrected chi connectivity index (χ4v) is 4.97. The summed E-state index contributed by atoms with van der Waals surface area (Å²) in [5, 5.41) is 1.52. The fraction of sp³-hybridized carbons (Fsp3) is 0.320. The van der Waals surface area contributed by atoms with Crippen LogP contribution < -0.4 is 20.9 Å². The molecule has 3 aromatic heterocycles. The van der Waals surface area contributed by atoms with Crippen LogP contribution in [0, 0.1) is 5.82 Å². The van der Waals surface area contributed by atoms with Gasteiger partial charge in [0.1, 0.15) is 5.82 Å². The van der Waals surface area contributed by atoms with E-state index in [0.717, 1.165) is 6.20 Å². The highest BCUT2D eigenvalue weighted by atomic mass is 19.1. The van der Waals surface area contributed by atoms with Crippen molar-refractivity contribution in [3.05, 3.63) is 60.1 Å². The van der Waals surface area contributed by atoms with Gasteiger partial charge in [-0.1, -0.05) is 0 Å². The fourth-order valence-electron chi connectivity index (χ4n) is 4.97. The lowest BCUT2D eigenvalue weighted by Gasteiger charge is -2.36. The molecule has 3 aliphatic heterocycles. The third-order valence-corrected chi connectivity index (χ3v) is 6.98. The highest BCUT2D eigenvalue weighted by Crippen LogP contribution is 2.29. The molecule has 13 nitrogen and oxygen atoms in total. The first-order valence-corrected chi connectivity index (χ1v) is 12.6. The number of halogens is 1. The van der Waals surface area contributed by atoms with Crippen LogP contribution in [0.5, 0.6) is 0 Å². The zero-order chi connectivity index (χ0) is 26.9. The van der Waals surface area contributed by atoms with Crippen molar-refractivity contribution in [2.45, 2.75) is 0 Å². The molecule has 6 rings (SSSR count). The number of piperazine rings is 1. The number of pyridine rings is 2. The van der Waals surface area contributed by atoms with E-state index in [4.69, 9.17) is 4.74 Å². The summed E-state index contributed by atoms with van der Waals surface area (Å²) in [4.78, 5) is 56.1. The predicted octanol–water partition coefficient (Wildman–Crippen LogP) is 0.647. The van der Waals surface area contributed by atoms with Crippen molar-refractivity contribution in [1.29, 1.82) is 0 Å². The van der Waals surface area contributed by atoms with Gasteiger partial charge in [0.15, 0.2) is 11.6 Å². The number of morpholine rings is 1. The third kappa shape index (κ3) is 4.53. The van der Waals surface area contributed by atoms with Crippen LogP contribution >= 0.6 is 0 Å². The number of ether oxygens (including phenoxy) is 1. The molecule has 0 spiro atoms. The number of Topliss-reactive ketones (excluding diaryl/α,β-unsaturated/α-hetero) is 1. The first-order valence-electron chi connectivity index (χ1n) is 12.6. The molecule has 14 heteroatoms. The minimum atomic E-state index is -0.810. The van der Waals surface area contributed by atoms with Gasteiger partial charge in [-0.15, -0.1) is 5.53 Å². The highest BCUT2D eigenvalue weighted by molar-refractivity contribution is 6.45. The largest absolute Gasteiger partial charge is 0.378 e. The molecular weight excluding hydrogens is 509 g/mol. The van der Waals surface area contributed by atoms with E-state index in [0.29, 0.717) is 56.6 Å². The number of amides is 2. The Morgan fingerprint density at radius 1 is 0.974 bits per heavy atom. The second-order valence-corrected chi connectivity index (χ2v) is 9.21. The van der Waals surface area contributed by atoms with Gasteiger partial charge in [0, 0.05) is 65.5 Å². The molecule has 2 amide bonds. The van der Waals surface area contributed by atoms with Gasteiger partial charge in [0.05, 0.1) is 41.4 Å². The standard InChI is InChI=1S/C25H26FN9O4.H2/c26-18-15-29-23(35-5-4-30-31-35)20-19(18)17(14-28-20)21(36)25(38)33-8-6-32(7-9-33)22-16(2-1-3-27-22)24(37)34-10-12-39-13-11-34;/h1-5,14-15,28,30-31H,6-13H2;1H. The van der Waals surface area contributed by atoms with Gasteiger partial charge in [-0.2, -0.15) is 0 Å². The minimum Gasteiger partial charge on any atom is -0.378 e. The van der Waals surface area contributed by atoms with Gasteiger partial charge < -0.3 is 29.8 Å². The summed E-state index contributed by atoms with van der Waals surface area (Å²) in [6.07, 6.45) is 7.25. The normalized spacial score (nSPS) is 17.6. The smallest absolute Gasteiger partial charge is 0.295 e. The Labute approximate surface area is 223 Å². The van der Waals surface area contributed by atoms with Gasteiger partial charge in [-0.25, -0.2) is 19.4 Å². The topological polar surface area (TPSA) is 139 Å². The van der Waals surface area contributed by atoms with Gasteiger partial charge in [0.25, 0.3) is 17.6 Å². The predicted molar refractivity (Wildman–Crippen MR) is 140 cm³/mol. The summed E-state index contributed by atoms with van der Waals surface area (Å²) in [7, 11) is 0. The van der Waals surface area contributed by atoms with E-state index < -0.39 is 17.5 Å². The number of carbonyl (C=O) groups excluding carboxylic acids is 3. The molecular formula is C25H28FN9O4. The number of hydrogen-bond acceptors (Lipinski definition) is 10. The van der Waals surface area contributed by atoms with Crippen molar-refractivity contribution in [1.82, 2.24) is 35.7 Å². The Hall–Kier alpha value is -4.56. The molecule has 0 saturated carbocycles. The number of rotatable bonds is 5. The Balaban J connectivity index is 0.00000323. The van der Waals surface area contributed by atoms with Crippen LogP contribution in [-0.4, -0.2) is 94.8 Å². The molecule has 0 aromatic carbocycles. The summed E-state index contributed by atoms with van der Waals surface area (Å²) in [6, 6.07) is 3.48. The number of H-pyrrole nitrogens is 1. The van der Waals surface area contributed by atoms with E-state index in [2.05, 4.69) is 25.9 Å². The number of aromatic amines is 1. The summed E-state index contributed by atoms with van der Waals surface area (Å²) >= 11 is 0. The number of fused-ring (bicyclic) bond motifs is 1. The Morgan fingerprint density at radius 3 is 2.51 bits per heavy atom. The number of hydrazine groups is 2. The molecule has 3 aliphatic rings. The first-order chi connectivity index (χ1) is 19.0. The molecule has 0 radical (unpaired) electrons. The zero-order valence-corrected chi connectivity index (χ0v) is 20.9. The number of nitrogens with one attached hydrogen (secondary N) is 3. The molecule has 3 aromatic rings. The quantitative estimate of drug-likeness (QED) is 0.314. The van der Waals surface area contributed by atoms with E-state index in [-0.39, 0.29) is 36.9 Å². The third-order valence-electron chi connectivity index (χ3n) is 6.98. The molecule has 204 valence electrons. The number of hydrogen-bond donors (Lipinski definition) is 3. The van der Waals surface area contributed by atoms with Gasteiger partial charge >= 0.3 is 0 Å². The molecule has 6 heterocycles. The summed E-state index contributed by atoms with van der Waals surface area (Å²) < 4.78 is 20.2. The van der Waals surface area contributed by atoms with E-state index in [1.807, 2.05) is 4.90 Å². The van der Waals surface area contributed by atoms with Crippen LogP contribution in [0.15, 0.2) is 43.1 Å². The van der Waals surface area contributed by atoms with Crippen molar-refractivity contribution in [3.63, 3.8) is 0 Å². The van der Waals surface area contributed by atoms with Crippen LogP contribution in [0.3, 0.4) is 0 Å². The van der Waals surface area contributed by atoms with Crippen LogP contribution in [-0.2, 0) is 9.53 Å². The molecule has 0 atom stereocenters. The van der Waals surface area contributed by atoms with E-state index in [1.54, 1.807) is 35.6 Å². The first kappa shape index (κ1) is 24.8. The molecule has 39 heavy (non-hydrogen) atoms. The summed E-state index contributed by atoms with van der Waals surface area (Å²) in [5.74, 6) is -1.47. The lowest BCUT2D eigenvalue weighted by Crippen LogP contribution is -2.51. The van der Waals surface area contributed by atoms with Gasteiger partial charge in [-0.3, -0.25) is 14.4 Å². The van der Waals surface area contributed by atoms with Crippen LogP contribution in [0.1, 0.15) is 22.1 Å². The highest BCUT2D eigenvalue weighted by Gasteiger charge is 2.32. The molecule has 0 aliphatic carbocycles. The average molecular weight is 538 g/mol. The number of ketones is 1. The number of anilines is 2. The zero-order valence-electron chi connectivity index (χ0n) is 20.9. The Morgan fingerprint density at radius 2 is 1.77 bits per heavy atom. The number of nitrogens with zero attached hydrogens (tertiary/aromatic N) is 6. The van der Waals surface area contributed by atoms with Crippen molar-refractivity contribution >= 4 is 40.1 Å². The monoisotopic (exact) mass is 537 g/mol. The Kier molecular flexibility index (Phi) is 6.54. The molecule has 2 fully saturated rings. The minimum absolute atomic E-state index is 0. The van der Waals surface area contributed by atoms with Crippen molar-refractivity contribution in [3.8, 4) is 0 Å². The van der Waals surface area contributed by atoms with Crippen LogP contribution in [0.4, 0.5) is 16.0 Å². The van der Waals surface area contributed by atoms with E-state index in [1.165, 1.54) is 16.1 Å². The number of aromatic nitrogens is 3. The second kappa shape index (κ2) is 10.3. The molecule has 2 saturated heterocycles. The van der Waals surface area contributed by atoms with Crippen LogP contribution in [0.25, 0.3) is 10.9 Å². The second-order valence-electron chi connectivity index (χ2n) is 9.21. The maximum Gasteiger partial charge on any atom is 0.295 e. The molecule has 0 bridgehead atoms. The Bertz CT molecular complexity index is 1470. The summed E-state index contributed by atoms with van der Waals surface area (Å²) in [5.41, 5.74) is 6.30. The lowest BCUT2D eigenvalue weighted by atomic mass is 10.1. The maximum atomic E-state index is 14.8.